The first-order valence-corrected chi connectivity index (χ1v) is 11.8. The zero-order valence-corrected chi connectivity index (χ0v) is 19.4. The van der Waals surface area contributed by atoms with Crippen LogP contribution >= 0.6 is 11.8 Å². The molecule has 1 fully saturated rings. The first-order chi connectivity index (χ1) is 16.0. The lowest BCUT2D eigenvalue weighted by molar-refractivity contribution is -0.123. The molecule has 3 aromatic carbocycles. The average molecular weight is 460 g/mol. The van der Waals surface area contributed by atoms with E-state index in [4.69, 9.17) is 4.74 Å². The van der Waals surface area contributed by atoms with Crippen LogP contribution in [0, 0.1) is 6.92 Å². The fourth-order valence-electron chi connectivity index (χ4n) is 4.51. The molecule has 7 heteroatoms. The van der Waals surface area contributed by atoms with E-state index < -0.39 is 4.87 Å². The average Bonchev–Trinajstić information content (AvgIpc) is 3.38. The third-order valence-electron chi connectivity index (χ3n) is 6.12. The Labute approximate surface area is 197 Å². The molecule has 0 unspecified atom stereocenters. The minimum Gasteiger partial charge on any atom is -0.497 e. The molecule has 2 aliphatic heterocycles. The number of nitrogens with zero attached hydrogens (tertiary/aromatic N) is 2. The normalized spacial score (nSPS) is 19.2. The molecule has 168 valence electrons. The van der Waals surface area contributed by atoms with E-state index in [2.05, 4.69) is 5.32 Å². The Morgan fingerprint density at radius 3 is 2.67 bits per heavy atom. The highest BCUT2D eigenvalue weighted by Crippen LogP contribution is 2.54. The summed E-state index contributed by atoms with van der Waals surface area (Å²) in [5.41, 5.74) is 4.50. The predicted octanol–water partition coefficient (Wildman–Crippen LogP) is 4.98. The summed E-state index contributed by atoms with van der Waals surface area (Å²) in [6.45, 7) is 2.90. The molecule has 1 atom stereocenters. The third kappa shape index (κ3) is 3.62. The van der Waals surface area contributed by atoms with E-state index in [-0.39, 0.29) is 11.9 Å². The van der Waals surface area contributed by atoms with Crippen LogP contribution in [0.4, 0.5) is 16.2 Å². The summed E-state index contributed by atoms with van der Waals surface area (Å²) >= 11 is 1.52. The Balaban J connectivity index is 1.49. The summed E-state index contributed by atoms with van der Waals surface area (Å²) in [6, 6.07) is 22.9. The quantitative estimate of drug-likeness (QED) is 0.598. The SMILES string of the molecule is COc1cccc(CN2C(=O)[C@]3(SCCN3C(=O)Nc3ccc(C)cc3)c3ccccc32)c1. The number of para-hydroxylation sites is 1. The van der Waals surface area contributed by atoms with Gasteiger partial charge >= 0.3 is 6.03 Å². The summed E-state index contributed by atoms with van der Waals surface area (Å²) in [5, 5.41) is 2.98. The highest BCUT2D eigenvalue weighted by atomic mass is 32.2. The van der Waals surface area contributed by atoms with E-state index in [0.29, 0.717) is 24.5 Å². The molecule has 3 amide bonds. The molecule has 33 heavy (non-hydrogen) atoms. The fraction of sp³-hybridized carbons (Fsp3) is 0.231. The molecule has 0 aromatic heterocycles. The van der Waals surface area contributed by atoms with Gasteiger partial charge in [-0.2, -0.15) is 0 Å². The van der Waals surface area contributed by atoms with E-state index in [1.54, 1.807) is 16.9 Å². The largest absolute Gasteiger partial charge is 0.497 e. The van der Waals surface area contributed by atoms with E-state index >= 15 is 0 Å². The molecule has 1 N–H and O–H groups in total. The molecular formula is C26H25N3O3S. The van der Waals surface area contributed by atoms with Crippen molar-refractivity contribution in [1.29, 1.82) is 0 Å². The van der Waals surface area contributed by atoms with Gasteiger partial charge < -0.3 is 15.0 Å². The van der Waals surface area contributed by atoms with Crippen LogP contribution in [0.3, 0.4) is 0 Å². The van der Waals surface area contributed by atoms with E-state index in [1.807, 2.05) is 79.7 Å². The van der Waals surface area contributed by atoms with Crippen LogP contribution in [0.25, 0.3) is 0 Å². The standard InChI is InChI=1S/C26H25N3O3S/c1-18-10-12-20(13-11-18)27-25(31)29-14-15-33-26(29)22-8-3-4-9-23(22)28(24(26)30)17-19-6-5-7-21(16-19)32-2/h3-13,16H,14-15,17H2,1-2H3,(H,27,31)/t26-/m1/s1. The van der Waals surface area contributed by atoms with Gasteiger partial charge in [0.25, 0.3) is 5.91 Å². The second kappa shape index (κ2) is 8.48. The summed E-state index contributed by atoms with van der Waals surface area (Å²) in [4.78, 5) is 29.8. The number of thioether (sulfide) groups is 1. The number of rotatable bonds is 4. The first kappa shape index (κ1) is 21.4. The maximum atomic E-state index is 14.0. The first-order valence-electron chi connectivity index (χ1n) is 10.9. The van der Waals surface area contributed by atoms with Gasteiger partial charge in [-0.1, -0.05) is 48.0 Å². The Morgan fingerprint density at radius 1 is 1.09 bits per heavy atom. The molecule has 0 aliphatic carbocycles. The van der Waals surface area contributed by atoms with Gasteiger partial charge in [0.2, 0.25) is 0 Å². The minimum atomic E-state index is -1.07. The van der Waals surface area contributed by atoms with Gasteiger partial charge in [0.1, 0.15) is 5.75 Å². The van der Waals surface area contributed by atoms with Gasteiger partial charge in [0.05, 0.1) is 19.3 Å². The van der Waals surface area contributed by atoms with Gasteiger partial charge in [-0.3, -0.25) is 9.69 Å². The lowest BCUT2D eigenvalue weighted by Gasteiger charge is -2.33. The summed E-state index contributed by atoms with van der Waals surface area (Å²) < 4.78 is 5.35. The highest BCUT2D eigenvalue weighted by molar-refractivity contribution is 8.01. The lowest BCUT2D eigenvalue weighted by Crippen LogP contribution is -2.51. The molecule has 3 aromatic rings. The van der Waals surface area contributed by atoms with E-state index in [0.717, 1.165) is 28.1 Å². The molecule has 1 spiro atoms. The molecule has 0 saturated carbocycles. The molecule has 0 radical (unpaired) electrons. The summed E-state index contributed by atoms with van der Waals surface area (Å²) in [7, 11) is 1.63. The maximum absolute atomic E-state index is 14.0. The van der Waals surface area contributed by atoms with E-state index in [1.165, 1.54) is 11.8 Å². The smallest absolute Gasteiger partial charge is 0.323 e. The minimum absolute atomic E-state index is 0.0897. The van der Waals surface area contributed by atoms with E-state index in [9.17, 15) is 9.59 Å². The second-order valence-corrected chi connectivity index (χ2v) is 9.49. The lowest BCUT2D eigenvalue weighted by atomic mass is 10.1. The van der Waals surface area contributed by atoms with Gasteiger partial charge in [0.15, 0.2) is 4.87 Å². The van der Waals surface area contributed by atoms with Crippen LogP contribution in [-0.4, -0.2) is 36.2 Å². The zero-order valence-electron chi connectivity index (χ0n) is 18.6. The molecule has 0 bridgehead atoms. The zero-order chi connectivity index (χ0) is 23.0. The number of urea groups is 1. The van der Waals surface area contributed by atoms with Crippen molar-refractivity contribution in [2.75, 3.05) is 29.6 Å². The Kier molecular flexibility index (Phi) is 5.50. The van der Waals surface area contributed by atoms with Crippen molar-refractivity contribution in [3.63, 3.8) is 0 Å². The number of hydrogen-bond acceptors (Lipinski definition) is 4. The maximum Gasteiger partial charge on any atom is 0.323 e. The van der Waals surface area contributed by atoms with Crippen LogP contribution in [0.1, 0.15) is 16.7 Å². The summed E-state index contributed by atoms with van der Waals surface area (Å²) in [6.07, 6.45) is 0. The Morgan fingerprint density at radius 2 is 1.88 bits per heavy atom. The van der Waals surface area contributed by atoms with Crippen molar-refractivity contribution in [3.05, 3.63) is 89.5 Å². The molecule has 5 rings (SSSR count). The molecule has 2 aliphatic rings. The number of anilines is 2. The second-order valence-electron chi connectivity index (χ2n) is 8.20. The van der Waals surface area contributed by atoms with Gasteiger partial charge in [0, 0.05) is 23.5 Å². The van der Waals surface area contributed by atoms with Gasteiger partial charge in [-0.25, -0.2) is 4.79 Å². The van der Waals surface area contributed by atoms with Crippen LogP contribution in [0.2, 0.25) is 0 Å². The number of nitrogens with one attached hydrogen (secondary N) is 1. The van der Waals surface area contributed by atoms with Crippen molar-refractivity contribution < 1.29 is 14.3 Å². The molecule has 1 saturated heterocycles. The predicted molar refractivity (Wildman–Crippen MR) is 132 cm³/mol. The highest BCUT2D eigenvalue weighted by Gasteiger charge is 2.59. The van der Waals surface area contributed by atoms with Gasteiger partial charge in [-0.15, -0.1) is 11.8 Å². The fourth-order valence-corrected chi connectivity index (χ4v) is 5.97. The van der Waals surface area contributed by atoms with Crippen molar-refractivity contribution in [3.8, 4) is 5.75 Å². The Bertz CT molecular complexity index is 1210. The number of hydrogen-bond donors (Lipinski definition) is 1. The third-order valence-corrected chi connectivity index (χ3v) is 7.54. The Hall–Kier alpha value is -3.45. The number of benzene rings is 3. The number of carbonyl (C=O) groups is 2. The monoisotopic (exact) mass is 459 g/mol. The number of fused-ring (bicyclic) bond motifs is 2. The van der Waals surface area contributed by atoms with Crippen molar-refractivity contribution in [2.24, 2.45) is 0 Å². The number of methoxy groups -OCH3 is 1. The van der Waals surface area contributed by atoms with Crippen LogP contribution < -0.4 is 15.0 Å². The van der Waals surface area contributed by atoms with Crippen LogP contribution in [0.5, 0.6) is 5.75 Å². The number of ether oxygens (including phenoxy) is 1. The van der Waals surface area contributed by atoms with Crippen molar-refractivity contribution in [1.82, 2.24) is 4.90 Å². The number of aryl methyl sites for hydroxylation is 1. The van der Waals surface area contributed by atoms with Gasteiger partial charge in [-0.05, 0) is 42.8 Å². The molecule has 6 nitrogen and oxygen atoms in total. The van der Waals surface area contributed by atoms with Crippen LogP contribution in [0.15, 0.2) is 72.8 Å². The van der Waals surface area contributed by atoms with Crippen molar-refractivity contribution in [2.45, 2.75) is 18.3 Å². The number of amides is 3. The van der Waals surface area contributed by atoms with Crippen LogP contribution in [-0.2, 0) is 16.2 Å². The van der Waals surface area contributed by atoms with Crippen molar-refractivity contribution >= 4 is 35.1 Å². The summed E-state index contributed by atoms with van der Waals surface area (Å²) in [5.74, 6) is 1.35. The topological polar surface area (TPSA) is 61.9 Å². The number of carbonyl (C=O) groups excluding carboxylic acids is 2. The molecule has 2 heterocycles. The molecular weight excluding hydrogens is 434 g/mol.